The molecule has 96 valence electrons. The van der Waals surface area contributed by atoms with Crippen molar-refractivity contribution in [1.29, 1.82) is 0 Å². The summed E-state index contributed by atoms with van der Waals surface area (Å²) in [4.78, 5) is 30.5. The summed E-state index contributed by atoms with van der Waals surface area (Å²) in [7, 11) is 0. The first-order valence-electron chi connectivity index (χ1n) is 5.86. The van der Waals surface area contributed by atoms with E-state index in [-0.39, 0.29) is 12.2 Å². The number of carbonyl (C=O) groups excluding carboxylic acids is 1. The third-order valence-corrected chi connectivity index (χ3v) is 2.92. The van der Waals surface area contributed by atoms with Crippen molar-refractivity contribution in [1.82, 2.24) is 14.4 Å². The number of pyridine rings is 1. The zero-order valence-corrected chi connectivity index (χ0v) is 10.2. The van der Waals surface area contributed by atoms with Gasteiger partial charge in [0.25, 0.3) is 5.56 Å². The number of H-pyrrole nitrogens is 1. The normalized spacial score (nSPS) is 11.0. The first-order valence-corrected chi connectivity index (χ1v) is 5.86. The number of nitrogens with one attached hydrogen (secondary N) is 1. The van der Waals surface area contributed by atoms with Gasteiger partial charge in [-0.15, -0.1) is 0 Å². The van der Waals surface area contributed by atoms with Gasteiger partial charge in [0.15, 0.2) is 0 Å². The summed E-state index contributed by atoms with van der Waals surface area (Å²) in [5.41, 5.74) is 1.15. The Labute approximate surface area is 107 Å². The van der Waals surface area contributed by atoms with Crippen LogP contribution in [0.25, 0.3) is 16.6 Å². The summed E-state index contributed by atoms with van der Waals surface area (Å²) < 4.78 is 6.67. The molecule has 0 aliphatic rings. The predicted octanol–water partition coefficient (Wildman–Crippen LogP) is 1.35. The van der Waals surface area contributed by atoms with Crippen LogP contribution in [0.4, 0.5) is 0 Å². The number of fused-ring (bicyclic) bond motifs is 3. The molecule has 3 aromatic rings. The minimum Gasteiger partial charge on any atom is -0.462 e. The Kier molecular flexibility index (Phi) is 2.56. The highest BCUT2D eigenvalue weighted by molar-refractivity contribution is 5.97. The Morgan fingerprint density at radius 1 is 1.47 bits per heavy atom. The van der Waals surface area contributed by atoms with E-state index in [4.69, 9.17) is 4.74 Å². The van der Waals surface area contributed by atoms with Crippen molar-refractivity contribution in [3.8, 4) is 0 Å². The van der Waals surface area contributed by atoms with Gasteiger partial charge in [-0.1, -0.05) is 0 Å². The molecule has 0 radical (unpaired) electrons. The molecule has 0 bridgehead atoms. The highest BCUT2D eigenvalue weighted by Crippen LogP contribution is 2.16. The lowest BCUT2D eigenvalue weighted by molar-refractivity contribution is 0.0528. The Morgan fingerprint density at radius 2 is 2.32 bits per heavy atom. The Balaban J connectivity index is 2.36. The number of nitrogens with zero attached hydrogens (tertiary/aromatic N) is 2. The van der Waals surface area contributed by atoms with Crippen LogP contribution in [0.2, 0.25) is 0 Å². The van der Waals surface area contributed by atoms with Crippen molar-refractivity contribution in [2.45, 2.75) is 6.92 Å². The van der Waals surface area contributed by atoms with Crippen LogP contribution >= 0.6 is 0 Å². The molecule has 0 amide bonds. The molecule has 0 saturated carbocycles. The van der Waals surface area contributed by atoms with Gasteiger partial charge in [0.2, 0.25) is 0 Å². The minimum absolute atomic E-state index is 0.255. The predicted molar refractivity (Wildman–Crippen MR) is 69.3 cm³/mol. The zero-order chi connectivity index (χ0) is 13.4. The third-order valence-electron chi connectivity index (χ3n) is 2.92. The fourth-order valence-corrected chi connectivity index (χ4v) is 2.08. The molecule has 0 spiro atoms. The van der Waals surface area contributed by atoms with Gasteiger partial charge < -0.3 is 14.1 Å². The van der Waals surface area contributed by atoms with Gasteiger partial charge in [-0.3, -0.25) is 9.78 Å². The van der Waals surface area contributed by atoms with Gasteiger partial charge >= 0.3 is 5.97 Å². The topological polar surface area (TPSA) is 76.5 Å². The molecule has 0 aliphatic heterocycles. The van der Waals surface area contributed by atoms with Crippen molar-refractivity contribution >= 4 is 22.5 Å². The first kappa shape index (κ1) is 11.5. The van der Waals surface area contributed by atoms with Crippen LogP contribution in [0.3, 0.4) is 0 Å². The molecule has 1 N–H and O–H groups in total. The molecule has 0 atom stereocenters. The van der Waals surface area contributed by atoms with Crippen molar-refractivity contribution in [3.05, 3.63) is 46.6 Å². The summed E-state index contributed by atoms with van der Waals surface area (Å²) >= 11 is 0. The summed E-state index contributed by atoms with van der Waals surface area (Å²) in [6, 6.07) is 3.26. The highest BCUT2D eigenvalue weighted by Gasteiger charge is 2.15. The van der Waals surface area contributed by atoms with Gasteiger partial charge in [-0.05, 0) is 19.1 Å². The summed E-state index contributed by atoms with van der Waals surface area (Å²) in [5.74, 6) is -0.455. The Bertz CT molecular complexity index is 832. The van der Waals surface area contributed by atoms with Crippen LogP contribution in [0.15, 0.2) is 35.5 Å². The van der Waals surface area contributed by atoms with E-state index in [9.17, 15) is 9.59 Å². The number of aromatic nitrogens is 3. The van der Waals surface area contributed by atoms with Crippen LogP contribution in [-0.2, 0) is 4.74 Å². The van der Waals surface area contributed by atoms with E-state index >= 15 is 0 Å². The molecular weight excluding hydrogens is 246 g/mol. The molecule has 0 fully saturated rings. The van der Waals surface area contributed by atoms with Crippen molar-refractivity contribution < 1.29 is 9.53 Å². The number of carbonyl (C=O) groups is 1. The smallest absolute Gasteiger partial charge is 0.341 e. The molecule has 3 heterocycles. The molecule has 3 rings (SSSR count). The van der Waals surface area contributed by atoms with E-state index in [0.29, 0.717) is 22.1 Å². The third kappa shape index (κ3) is 1.69. The van der Waals surface area contributed by atoms with E-state index in [0.717, 1.165) is 0 Å². The lowest BCUT2D eigenvalue weighted by atomic mass is 10.3. The fraction of sp³-hybridized carbons (Fsp3) is 0.154. The molecule has 19 heavy (non-hydrogen) atoms. The highest BCUT2D eigenvalue weighted by atomic mass is 16.5. The summed E-state index contributed by atoms with van der Waals surface area (Å²) in [6.07, 6.45) is 4.85. The maximum atomic E-state index is 12.0. The van der Waals surface area contributed by atoms with Crippen LogP contribution in [0.1, 0.15) is 17.3 Å². The number of esters is 1. The van der Waals surface area contributed by atoms with Crippen LogP contribution < -0.4 is 5.56 Å². The van der Waals surface area contributed by atoms with E-state index in [2.05, 4.69) is 9.97 Å². The van der Waals surface area contributed by atoms with E-state index in [1.807, 2.05) is 0 Å². The second-order valence-corrected chi connectivity index (χ2v) is 4.02. The van der Waals surface area contributed by atoms with Gasteiger partial charge in [-0.25, -0.2) is 4.79 Å². The lowest BCUT2D eigenvalue weighted by Crippen LogP contribution is -2.12. The summed E-state index contributed by atoms with van der Waals surface area (Å²) in [5, 5.41) is 0.522. The number of aromatic amines is 1. The van der Waals surface area contributed by atoms with Crippen LogP contribution in [0.5, 0.6) is 0 Å². The number of hydrogen-bond acceptors (Lipinski definition) is 4. The average molecular weight is 257 g/mol. The van der Waals surface area contributed by atoms with Gasteiger partial charge in [0.1, 0.15) is 11.2 Å². The largest absolute Gasteiger partial charge is 0.462 e. The Hall–Kier alpha value is -2.63. The molecule has 0 unspecified atom stereocenters. The average Bonchev–Trinajstić information content (AvgIpc) is 2.83. The van der Waals surface area contributed by atoms with Crippen molar-refractivity contribution in [2.75, 3.05) is 6.61 Å². The fourth-order valence-electron chi connectivity index (χ4n) is 2.08. The van der Waals surface area contributed by atoms with E-state index < -0.39 is 5.97 Å². The standard InChI is InChI=1S/C13H11N3O3/c1-2-19-13(18)9-4-6-16-10-7-14-5-3-8(10)12(17)15-11(9)16/h3-7H,2H2,1H3,(H,15,17). The lowest BCUT2D eigenvalue weighted by Gasteiger charge is -2.03. The first-order chi connectivity index (χ1) is 9.22. The summed E-state index contributed by atoms with van der Waals surface area (Å²) in [6.45, 7) is 2.02. The molecule has 6 heteroatoms. The van der Waals surface area contributed by atoms with E-state index in [1.54, 1.807) is 42.0 Å². The maximum absolute atomic E-state index is 12.0. The zero-order valence-electron chi connectivity index (χ0n) is 10.2. The quantitative estimate of drug-likeness (QED) is 0.703. The minimum atomic E-state index is -0.455. The number of rotatable bonds is 2. The number of ether oxygens (including phenoxy) is 1. The van der Waals surface area contributed by atoms with Crippen LogP contribution in [-0.4, -0.2) is 26.9 Å². The molecule has 6 nitrogen and oxygen atoms in total. The van der Waals surface area contributed by atoms with E-state index in [1.165, 1.54) is 0 Å². The second kappa shape index (κ2) is 4.24. The molecule has 0 aromatic carbocycles. The molecule has 3 aromatic heterocycles. The SMILES string of the molecule is CCOC(=O)c1ccn2c1[nH]c(=O)c1ccncc12. The van der Waals surface area contributed by atoms with Crippen LogP contribution in [0, 0.1) is 0 Å². The molecule has 0 saturated heterocycles. The molecular formula is C13H11N3O3. The number of hydrogen-bond donors (Lipinski definition) is 1. The van der Waals surface area contributed by atoms with Gasteiger partial charge in [0, 0.05) is 12.4 Å². The monoisotopic (exact) mass is 257 g/mol. The van der Waals surface area contributed by atoms with Gasteiger partial charge in [-0.2, -0.15) is 0 Å². The Morgan fingerprint density at radius 3 is 3.11 bits per heavy atom. The van der Waals surface area contributed by atoms with Gasteiger partial charge in [0.05, 0.1) is 23.7 Å². The van der Waals surface area contributed by atoms with Crippen molar-refractivity contribution in [2.24, 2.45) is 0 Å². The van der Waals surface area contributed by atoms with Crippen molar-refractivity contribution in [3.63, 3.8) is 0 Å². The maximum Gasteiger partial charge on any atom is 0.341 e. The molecule has 0 aliphatic carbocycles. The second-order valence-electron chi connectivity index (χ2n) is 4.02.